The molecule has 0 aliphatic carbocycles. The van der Waals surface area contributed by atoms with Gasteiger partial charge in [-0.2, -0.15) is 5.10 Å². The molecular weight excluding hydrogens is 387 g/mol. The van der Waals surface area contributed by atoms with Crippen LogP contribution in [0.5, 0.6) is 0 Å². The summed E-state index contributed by atoms with van der Waals surface area (Å²) in [4.78, 5) is 6.59. The van der Waals surface area contributed by atoms with Gasteiger partial charge >= 0.3 is 0 Å². The highest BCUT2D eigenvalue weighted by atomic mass is 35.5. The lowest BCUT2D eigenvalue weighted by Gasteiger charge is -2.33. The maximum Gasteiger partial charge on any atom is 0.158 e. The fourth-order valence-corrected chi connectivity index (χ4v) is 3.65. The number of aliphatic hydroxyl groups is 1. The number of halogens is 2. The summed E-state index contributed by atoms with van der Waals surface area (Å²) in [5, 5.41) is 18.6. The molecule has 142 valence electrons. The van der Waals surface area contributed by atoms with Gasteiger partial charge < -0.3 is 16.2 Å². The normalized spacial score (nSPS) is 20.9. The van der Waals surface area contributed by atoms with Gasteiger partial charge in [0.25, 0.3) is 0 Å². The first-order valence-corrected chi connectivity index (χ1v) is 9.46. The number of likely N-dealkylation sites (tertiary alicyclic amines) is 1. The second kappa shape index (κ2) is 7.61. The van der Waals surface area contributed by atoms with E-state index in [4.69, 9.17) is 28.9 Å². The van der Waals surface area contributed by atoms with Gasteiger partial charge in [0.05, 0.1) is 16.1 Å². The fraction of sp³-hybridized carbons (Fsp3) is 0.333. The van der Waals surface area contributed by atoms with Crippen LogP contribution in [-0.4, -0.2) is 49.8 Å². The highest BCUT2D eigenvalue weighted by Gasteiger charge is 2.25. The Bertz CT molecular complexity index is 962. The number of rotatable bonds is 4. The summed E-state index contributed by atoms with van der Waals surface area (Å²) in [5.41, 5.74) is 8.65. The van der Waals surface area contributed by atoms with E-state index in [9.17, 15) is 5.11 Å². The quantitative estimate of drug-likeness (QED) is 0.616. The molecule has 1 saturated heterocycles. The van der Waals surface area contributed by atoms with Crippen LogP contribution in [0.3, 0.4) is 0 Å². The minimum atomic E-state index is -0.502. The average Bonchev–Trinajstić information content (AvgIpc) is 3.05. The van der Waals surface area contributed by atoms with Crippen molar-refractivity contribution >= 4 is 40.2 Å². The summed E-state index contributed by atoms with van der Waals surface area (Å²) in [5.74, 6) is 0.678. The lowest BCUT2D eigenvalue weighted by Crippen LogP contribution is -2.50. The van der Waals surface area contributed by atoms with Gasteiger partial charge in [-0.05, 0) is 36.2 Å². The highest BCUT2D eigenvalue weighted by Crippen LogP contribution is 2.29. The molecule has 2 atom stereocenters. The minimum Gasteiger partial charge on any atom is -0.390 e. The maximum absolute atomic E-state index is 10.1. The van der Waals surface area contributed by atoms with E-state index in [1.165, 1.54) is 6.33 Å². The number of β-amino-alcohol motifs (C(OH)–C–C–N with tert-alkyl or cyclic N) is 1. The monoisotopic (exact) mass is 406 g/mol. The van der Waals surface area contributed by atoms with E-state index >= 15 is 0 Å². The molecule has 2 aromatic heterocycles. The van der Waals surface area contributed by atoms with Crippen LogP contribution in [0.1, 0.15) is 12.0 Å². The molecular formula is C18H20Cl2N6O. The zero-order chi connectivity index (χ0) is 19.0. The molecule has 4 N–H and O–H groups in total. The molecule has 0 saturated carbocycles. The van der Waals surface area contributed by atoms with Gasteiger partial charge in [-0.1, -0.05) is 23.2 Å². The molecule has 3 heterocycles. The summed E-state index contributed by atoms with van der Waals surface area (Å²) in [7, 11) is 0. The number of piperidine rings is 1. The van der Waals surface area contributed by atoms with Crippen LogP contribution in [0.15, 0.2) is 36.8 Å². The predicted octanol–water partition coefficient (Wildman–Crippen LogP) is 2.67. The van der Waals surface area contributed by atoms with Crippen LogP contribution in [0.2, 0.25) is 10.0 Å². The van der Waals surface area contributed by atoms with Crippen molar-refractivity contribution in [3.8, 4) is 0 Å². The first-order chi connectivity index (χ1) is 13.0. The Kier molecular flexibility index (Phi) is 5.21. The Balaban J connectivity index is 1.62. The van der Waals surface area contributed by atoms with Crippen molar-refractivity contribution in [3.05, 3.63) is 52.4 Å². The van der Waals surface area contributed by atoms with Gasteiger partial charge in [-0.15, -0.1) is 0 Å². The standard InChI is InChI=1S/C18H20Cl2N6O/c19-13-2-1-12(7-14(13)20)24-18-17-11(3-6-26(17)23-10-22-18)8-25-5-4-15(21)16(27)9-25/h1-3,6-7,10,15-16,27H,4-5,8-9,21H2,(H,22,23,24)/t15-,16-/m1/s1. The van der Waals surface area contributed by atoms with Crippen molar-refractivity contribution in [1.82, 2.24) is 19.5 Å². The molecule has 0 unspecified atom stereocenters. The number of nitrogens with two attached hydrogens (primary N) is 1. The van der Waals surface area contributed by atoms with E-state index < -0.39 is 6.10 Å². The van der Waals surface area contributed by atoms with Crippen molar-refractivity contribution in [3.63, 3.8) is 0 Å². The Labute approximate surface area is 166 Å². The van der Waals surface area contributed by atoms with Crippen molar-refractivity contribution < 1.29 is 5.11 Å². The summed E-state index contributed by atoms with van der Waals surface area (Å²) >= 11 is 12.1. The number of anilines is 2. The summed E-state index contributed by atoms with van der Waals surface area (Å²) in [6.45, 7) is 2.09. The predicted molar refractivity (Wildman–Crippen MR) is 107 cm³/mol. The van der Waals surface area contributed by atoms with Crippen LogP contribution in [-0.2, 0) is 6.54 Å². The van der Waals surface area contributed by atoms with E-state index in [0.717, 1.165) is 29.7 Å². The number of aliphatic hydroxyl groups excluding tert-OH is 1. The van der Waals surface area contributed by atoms with Crippen LogP contribution < -0.4 is 11.1 Å². The van der Waals surface area contributed by atoms with Gasteiger partial charge in [-0.3, -0.25) is 4.90 Å². The molecule has 0 spiro atoms. The SMILES string of the molecule is N[C@@H]1CCN(Cc2ccn3ncnc(Nc4ccc(Cl)c(Cl)c4)c23)C[C@H]1O. The molecule has 1 aliphatic heterocycles. The Morgan fingerprint density at radius 3 is 2.89 bits per heavy atom. The van der Waals surface area contributed by atoms with E-state index in [1.807, 2.05) is 18.3 Å². The van der Waals surface area contributed by atoms with Crippen molar-refractivity contribution in [2.75, 3.05) is 18.4 Å². The number of aromatic nitrogens is 3. The molecule has 4 rings (SSSR count). The molecule has 1 aliphatic rings. The van der Waals surface area contributed by atoms with Gasteiger partial charge in [0, 0.05) is 37.6 Å². The van der Waals surface area contributed by atoms with E-state index in [-0.39, 0.29) is 6.04 Å². The van der Waals surface area contributed by atoms with Crippen molar-refractivity contribution in [2.45, 2.75) is 25.1 Å². The number of hydrogen-bond acceptors (Lipinski definition) is 6. The van der Waals surface area contributed by atoms with Crippen LogP contribution in [0, 0.1) is 0 Å². The number of hydrogen-bond donors (Lipinski definition) is 3. The average molecular weight is 407 g/mol. The van der Waals surface area contributed by atoms with Crippen molar-refractivity contribution in [2.24, 2.45) is 5.73 Å². The molecule has 1 fully saturated rings. The van der Waals surface area contributed by atoms with Gasteiger partial charge in [0.15, 0.2) is 5.82 Å². The van der Waals surface area contributed by atoms with Crippen LogP contribution in [0.25, 0.3) is 5.52 Å². The largest absolute Gasteiger partial charge is 0.390 e. The Morgan fingerprint density at radius 2 is 2.11 bits per heavy atom. The Hall–Kier alpha value is -1.90. The van der Waals surface area contributed by atoms with E-state index in [2.05, 4.69) is 20.3 Å². The third-order valence-corrected chi connectivity index (χ3v) is 5.57. The lowest BCUT2D eigenvalue weighted by molar-refractivity contribution is 0.0501. The first-order valence-electron chi connectivity index (χ1n) is 8.70. The second-order valence-electron chi connectivity index (χ2n) is 6.75. The van der Waals surface area contributed by atoms with Crippen molar-refractivity contribution in [1.29, 1.82) is 0 Å². The third-order valence-electron chi connectivity index (χ3n) is 4.83. The molecule has 9 heteroatoms. The number of nitrogens with zero attached hydrogens (tertiary/aromatic N) is 4. The zero-order valence-electron chi connectivity index (χ0n) is 14.5. The smallest absolute Gasteiger partial charge is 0.158 e. The highest BCUT2D eigenvalue weighted by molar-refractivity contribution is 6.42. The molecule has 0 bridgehead atoms. The summed E-state index contributed by atoms with van der Waals surface area (Å²) in [6.07, 6.45) is 3.68. The van der Waals surface area contributed by atoms with E-state index in [0.29, 0.717) is 29.0 Å². The Morgan fingerprint density at radius 1 is 1.26 bits per heavy atom. The first kappa shape index (κ1) is 18.5. The number of benzene rings is 1. The molecule has 1 aromatic carbocycles. The minimum absolute atomic E-state index is 0.151. The molecule has 27 heavy (non-hydrogen) atoms. The van der Waals surface area contributed by atoms with Gasteiger partial charge in [0.2, 0.25) is 0 Å². The van der Waals surface area contributed by atoms with Crippen LogP contribution >= 0.6 is 23.2 Å². The summed E-state index contributed by atoms with van der Waals surface area (Å²) in [6, 6.07) is 7.21. The van der Waals surface area contributed by atoms with Crippen LogP contribution in [0.4, 0.5) is 11.5 Å². The molecule has 0 radical (unpaired) electrons. The topological polar surface area (TPSA) is 91.7 Å². The number of fused-ring (bicyclic) bond motifs is 1. The molecule has 7 nitrogen and oxygen atoms in total. The lowest BCUT2D eigenvalue weighted by atomic mass is 10.0. The fourth-order valence-electron chi connectivity index (χ4n) is 3.35. The number of nitrogens with one attached hydrogen (secondary N) is 1. The molecule has 3 aromatic rings. The summed E-state index contributed by atoms with van der Waals surface area (Å²) < 4.78 is 1.79. The zero-order valence-corrected chi connectivity index (χ0v) is 16.0. The maximum atomic E-state index is 10.1. The molecule has 0 amide bonds. The van der Waals surface area contributed by atoms with Gasteiger partial charge in [0.1, 0.15) is 11.8 Å². The van der Waals surface area contributed by atoms with Gasteiger partial charge in [-0.25, -0.2) is 9.50 Å². The third kappa shape index (κ3) is 3.88. The second-order valence-corrected chi connectivity index (χ2v) is 7.57. The van der Waals surface area contributed by atoms with E-state index in [1.54, 1.807) is 16.6 Å².